The maximum atomic E-state index is 12.2. The standard InChI is InChI=1S/C19H20O4/c20-16-6-1-2-7-17(16)23-19(21)10-14-11-22-18-9-13-5-3-4-12(13)8-15(14)18/h8-9,11,17H,1-7,10H2/t17-/m0/s1. The van der Waals surface area contributed by atoms with Crippen LogP contribution in [-0.2, 0) is 33.6 Å². The molecular formula is C19H20O4. The number of aryl methyl sites for hydroxylation is 2. The fourth-order valence-electron chi connectivity index (χ4n) is 3.72. The Hall–Kier alpha value is -2.10. The highest BCUT2D eigenvalue weighted by atomic mass is 16.5. The van der Waals surface area contributed by atoms with Crippen LogP contribution in [0.1, 0.15) is 48.8 Å². The first kappa shape index (κ1) is 14.5. The average Bonchev–Trinajstić information content (AvgIpc) is 3.14. The lowest BCUT2D eigenvalue weighted by molar-refractivity contribution is -0.156. The van der Waals surface area contributed by atoms with Gasteiger partial charge in [0.25, 0.3) is 0 Å². The van der Waals surface area contributed by atoms with Crippen molar-refractivity contribution in [1.82, 2.24) is 0 Å². The zero-order valence-corrected chi connectivity index (χ0v) is 13.1. The number of fused-ring (bicyclic) bond motifs is 2. The first-order chi connectivity index (χ1) is 11.2. The average molecular weight is 312 g/mol. The van der Waals surface area contributed by atoms with Crippen molar-refractivity contribution in [1.29, 1.82) is 0 Å². The summed E-state index contributed by atoms with van der Waals surface area (Å²) in [4.78, 5) is 24.0. The van der Waals surface area contributed by atoms with Gasteiger partial charge >= 0.3 is 5.97 Å². The molecule has 0 N–H and O–H groups in total. The molecule has 1 aromatic carbocycles. The summed E-state index contributed by atoms with van der Waals surface area (Å²) in [6.45, 7) is 0. The van der Waals surface area contributed by atoms with Crippen molar-refractivity contribution in [3.05, 3.63) is 35.1 Å². The van der Waals surface area contributed by atoms with E-state index in [0.29, 0.717) is 12.8 Å². The molecule has 120 valence electrons. The Labute approximate surface area is 134 Å². The largest absolute Gasteiger partial charge is 0.464 e. The summed E-state index contributed by atoms with van der Waals surface area (Å²) >= 11 is 0. The molecule has 4 nitrogen and oxygen atoms in total. The second-order valence-corrected chi connectivity index (χ2v) is 6.60. The molecular weight excluding hydrogens is 292 g/mol. The first-order valence-corrected chi connectivity index (χ1v) is 8.45. The minimum absolute atomic E-state index is 0.0551. The molecule has 0 saturated heterocycles. The lowest BCUT2D eigenvalue weighted by atomic mass is 9.96. The van der Waals surface area contributed by atoms with Crippen LogP contribution in [0.25, 0.3) is 11.0 Å². The van der Waals surface area contributed by atoms with E-state index in [4.69, 9.17) is 9.15 Å². The van der Waals surface area contributed by atoms with Crippen molar-refractivity contribution in [2.75, 3.05) is 0 Å². The van der Waals surface area contributed by atoms with Crippen molar-refractivity contribution in [3.63, 3.8) is 0 Å². The van der Waals surface area contributed by atoms with Crippen molar-refractivity contribution in [2.24, 2.45) is 0 Å². The smallest absolute Gasteiger partial charge is 0.311 e. The van der Waals surface area contributed by atoms with Gasteiger partial charge in [0, 0.05) is 17.4 Å². The van der Waals surface area contributed by atoms with Gasteiger partial charge in [-0.25, -0.2) is 0 Å². The van der Waals surface area contributed by atoms with Crippen molar-refractivity contribution < 1.29 is 18.7 Å². The van der Waals surface area contributed by atoms with Gasteiger partial charge in [0.15, 0.2) is 11.9 Å². The van der Waals surface area contributed by atoms with Crippen LogP contribution in [0, 0.1) is 0 Å². The SMILES string of the molecule is O=C(Cc1coc2cc3c(cc12)CCC3)O[C@H]1CCCCC1=O. The van der Waals surface area contributed by atoms with Crippen LogP contribution in [0.3, 0.4) is 0 Å². The third-order valence-electron chi connectivity index (χ3n) is 4.98. The highest BCUT2D eigenvalue weighted by molar-refractivity contribution is 5.89. The van der Waals surface area contributed by atoms with Gasteiger partial charge < -0.3 is 9.15 Å². The Morgan fingerprint density at radius 2 is 1.96 bits per heavy atom. The van der Waals surface area contributed by atoms with Crippen molar-refractivity contribution in [3.8, 4) is 0 Å². The Morgan fingerprint density at radius 1 is 1.13 bits per heavy atom. The van der Waals surface area contributed by atoms with E-state index in [0.717, 1.165) is 42.2 Å². The van der Waals surface area contributed by atoms with E-state index in [1.54, 1.807) is 6.26 Å². The summed E-state index contributed by atoms with van der Waals surface area (Å²) in [6, 6.07) is 4.24. The number of carbonyl (C=O) groups excluding carboxylic acids is 2. The molecule has 4 heteroatoms. The van der Waals surface area contributed by atoms with Gasteiger partial charge in [-0.15, -0.1) is 0 Å². The van der Waals surface area contributed by atoms with Crippen LogP contribution < -0.4 is 0 Å². The Kier molecular flexibility index (Phi) is 3.68. The summed E-state index contributed by atoms with van der Waals surface area (Å²) < 4.78 is 11.0. The Bertz CT molecular complexity index is 771. The number of Topliss-reactive ketones (excluding diaryl/α,β-unsaturated/α-hetero) is 1. The van der Waals surface area contributed by atoms with Crippen LogP contribution in [0.5, 0.6) is 0 Å². The maximum Gasteiger partial charge on any atom is 0.311 e. The molecule has 0 unspecified atom stereocenters. The molecule has 4 rings (SSSR count). The molecule has 1 heterocycles. The highest BCUT2D eigenvalue weighted by Crippen LogP contribution is 2.30. The summed E-state index contributed by atoms with van der Waals surface area (Å²) in [5.41, 5.74) is 4.40. The van der Waals surface area contributed by atoms with Gasteiger partial charge in [0.2, 0.25) is 0 Å². The van der Waals surface area contributed by atoms with E-state index in [9.17, 15) is 9.59 Å². The number of rotatable bonds is 3. The minimum Gasteiger partial charge on any atom is -0.464 e. The number of benzene rings is 1. The number of ketones is 1. The van der Waals surface area contributed by atoms with Gasteiger partial charge in [-0.05, 0) is 61.8 Å². The molecule has 0 aliphatic heterocycles. The molecule has 2 aliphatic carbocycles. The monoisotopic (exact) mass is 312 g/mol. The predicted molar refractivity (Wildman–Crippen MR) is 85.3 cm³/mol. The molecule has 0 spiro atoms. The van der Waals surface area contributed by atoms with Crippen LogP contribution in [0.4, 0.5) is 0 Å². The normalized spacial score (nSPS) is 20.7. The predicted octanol–water partition coefficient (Wildman–Crippen LogP) is 3.52. The Balaban J connectivity index is 1.51. The quantitative estimate of drug-likeness (QED) is 0.814. The third kappa shape index (κ3) is 2.78. The summed E-state index contributed by atoms with van der Waals surface area (Å²) in [6.07, 6.45) is 7.68. The zero-order valence-electron chi connectivity index (χ0n) is 13.1. The van der Waals surface area contributed by atoms with Gasteiger partial charge in [-0.3, -0.25) is 9.59 Å². The zero-order chi connectivity index (χ0) is 15.8. The Morgan fingerprint density at radius 3 is 2.78 bits per heavy atom. The van der Waals surface area contributed by atoms with Crippen LogP contribution in [-0.4, -0.2) is 17.9 Å². The molecule has 0 radical (unpaired) electrons. The number of furan rings is 1. The molecule has 2 aliphatic rings. The maximum absolute atomic E-state index is 12.2. The van der Waals surface area contributed by atoms with Crippen LogP contribution in [0.2, 0.25) is 0 Å². The number of ether oxygens (including phenoxy) is 1. The minimum atomic E-state index is -0.543. The number of hydrogen-bond acceptors (Lipinski definition) is 4. The topological polar surface area (TPSA) is 56.5 Å². The third-order valence-corrected chi connectivity index (χ3v) is 4.98. The molecule has 1 saturated carbocycles. The lowest BCUT2D eigenvalue weighted by Crippen LogP contribution is -2.30. The first-order valence-electron chi connectivity index (χ1n) is 8.45. The fourth-order valence-corrected chi connectivity index (χ4v) is 3.72. The molecule has 0 bridgehead atoms. The number of esters is 1. The number of hydrogen-bond donors (Lipinski definition) is 0. The van der Waals surface area contributed by atoms with E-state index in [2.05, 4.69) is 12.1 Å². The second kappa shape index (κ2) is 5.84. The number of carbonyl (C=O) groups is 2. The van der Waals surface area contributed by atoms with E-state index in [1.165, 1.54) is 17.5 Å². The van der Waals surface area contributed by atoms with Crippen LogP contribution in [0.15, 0.2) is 22.8 Å². The highest BCUT2D eigenvalue weighted by Gasteiger charge is 2.26. The van der Waals surface area contributed by atoms with Crippen molar-refractivity contribution >= 4 is 22.7 Å². The van der Waals surface area contributed by atoms with Gasteiger partial charge in [-0.1, -0.05) is 0 Å². The lowest BCUT2D eigenvalue weighted by Gasteiger charge is -2.20. The molecule has 0 amide bonds. The molecule has 1 fully saturated rings. The fraction of sp³-hybridized carbons (Fsp3) is 0.474. The van der Waals surface area contributed by atoms with Gasteiger partial charge in [-0.2, -0.15) is 0 Å². The molecule has 1 aromatic heterocycles. The van der Waals surface area contributed by atoms with Gasteiger partial charge in [0.1, 0.15) is 5.58 Å². The summed E-state index contributed by atoms with van der Waals surface area (Å²) in [5, 5.41) is 0.998. The van der Waals surface area contributed by atoms with Crippen LogP contribution >= 0.6 is 0 Å². The second-order valence-electron chi connectivity index (χ2n) is 6.60. The molecule has 23 heavy (non-hydrogen) atoms. The van der Waals surface area contributed by atoms with E-state index < -0.39 is 6.10 Å². The molecule has 2 aromatic rings. The van der Waals surface area contributed by atoms with E-state index in [1.807, 2.05) is 0 Å². The van der Waals surface area contributed by atoms with E-state index in [-0.39, 0.29) is 18.2 Å². The summed E-state index contributed by atoms with van der Waals surface area (Å²) in [7, 11) is 0. The molecule has 1 atom stereocenters. The van der Waals surface area contributed by atoms with E-state index >= 15 is 0 Å². The van der Waals surface area contributed by atoms with Crippen molar-refractivity contribution in [2.45, 2.75) is 57.5 Å². The van der Waals surface area contributed by atoms with Gasteiger partial charge in [0.05, 0.1) is 12.7 Å². The summed E-state index contributed by atoms with van der Waals surface area (Å²) in [5.74, 6) is -0.284.